The summed E-state index contributed by atoms with van der Waals surface area (Å²) in [4.78, 5) is 35.8. The Kier molecular flexibility index (Phi) is 3.34. The number of nitrogens with one attached hydrogen (secondary N) is 1. The fraction of sp³-hybridized carbons (Fsp3) is 0.250. The summed E-state index contributed by atoms with van der Waals surface area (Å²) in [6.07, 6.45) is 0.200. The van der Waals surface area contributed by atoms with E-state index in [9.17, 15) is 14.4 Å². The summed E-state index contributed by atoms with van der Waals surface area (Å²) in [5.74, 6) is -0.677. The van der Waals surface area contributed by atoms with Gasteiger partial charge in [-0.15, -0.1) is 11.6 Å². The van der Waals surface area contributed by atoms with Gasteiger partial charge in [0, 0.05) is 25.0 Å². The topological polar surface area (TPSA) is 66.5 Å². The molecular formula is C12H11ClN2O3. The van der Waals surface area contributed by atoms with Gasteiger partial charge in [0.15, 0.2) is 0 Å². The molecule has 0 unspecified atom stereocenters. The Bertz CT molecular complexity index is 542. The molecule has 0 aromatic heterocycles. The summed E-state index contributed by atoms with van der Waals surface area (Å²) in [5, 5.41) is 2.62. The van der Waals surface area contributed by atoms with Crippen LogP contribution < -0.4 is 5.32 Å². The number of carbonyl (C=O) groups is 3. The number of carbonyl (C=O) groups excluding carboxylic acids is 3. The molecule has 1 heterocycles. The Morgan fingerprint density at radius 1 is 1.28 bits per heavy atom. The first kappa shape index (κ1) is 12.6. The van der Waals surface area contributed by atoms with Crippen LogP contribution in [0, 0.1) is 0 Å². The highest BCUT2D eigenvalue weighted by Gasteiger charge is 2.32. The van der Waals surface area contributed by atoms with Gasteiger partial charge >= 0.3 is 0 Å². The lowest BCUT2D eigenvalue weighted by molar-refractivity contribution is -0.115. The predicted octanol–water partition coefficient (Wildman–Crippen LogP) is 1.48. The van der Waals surface area contributed by atoms with Gasteiger partial charge in [-0.2, -0.15) is 0 Å². The Hall–Kier alpha value is -1.88. The minimum absolute atomic E-state index is 0.200. The van der Waals surface area contributed by atoms with Crippen LogP contribution in [-0.2, 0) is 4.79 Å². The van der Waals surface area contributed by atoms with Gasteiger partial charge in [0.25, 0.3) is 11.8 Å². The van der Waals surface area contributed by atoms with Crippen molar-refractivity contribution >= 4 is 35.0 Å². The third kappa shape index (κ3) is 2.09. The molecule has 6 heteroatoms. The Balaban J connectivity index is 2.27. The van der Waals surface area contributed by atoms with E-state index in [-0.39, 0.29) is 30.0 Å². The van der Waals surface area contributed by atoms with Crippen LogP contribution in [0.1, 0.15) is 27.1 Å². The largest absolute Gasteiger partial charge is 0.326 e. The molecule has 1 aromatic carbocycles. The van der Waals surface area contributed by atoms with Gasteiger partial charge in [0.05, 0.1) is 11.1 Å². The number of alkyl halides is 1. The van der Waals surface area contributed by atoms with Crippen LogP contribution in [0.4, 0.5) is 5.69 Å². The van der Waals surface area contributed by atoms with Crippen molar-refractivity contribution in [1.29, 1.82) is 0 Å². The summed E-state index contributed by atoms with van der Waals surface area (Å²) in [6.45, 7) is 0. The average Bonchev–Trinajstić information content (AvgIpc) is 2.55. The number of imide groups is 1. The van der Waals surface area contributed by atoms with Crippen molar-refractivity contribution in [2.24, 2.45) is 0 Å². The maximum Gasteiger partial charge on any atom is 0.261 e. The average molecular weight is 267 g/mol. The quantitative estimate of drug-likeness (QED) is 0.666. The second-order valence-electron chi connectivity index (χ2n) is 3.92. The minimum atomic E-state index is -0.358. The molecule has 3 amide bonds. The number of rotatable bonds is 3. The van der Waals surface area contributed by atoms with E-state index in [4.69, 9.17) is 11.6 Å². The summed E-state index contributed by atoms with van der Waals surface area (Å²) >= 11 is 5.45. The van der Waals surface area contributed by atoms with Crippen LogP contribution in [0.2, 0.25) is 0 Å². The van der Waals surface area contributed by atoms with E-state index < -0.39 is 0 Å². The van der Waals surface area contributed by atoms with Crippen molar-refractivity contribution in [3.05, 3.63) is 29.3 Å². The van der Waals surface area contributed by atoms with Crippen molar-refractivity contribution in [2.45, 2.75) is 6.42 Å². The molecule has 0 spiro atoms. The van der Waals surface area contributed by atoms with Crippen molar-refractivity contribution in [1.82, 2.24) is 4.90 Å². The van der Waals surface area contributed by atoms with Gasteiger partial charge in [-0.25, -0.2) is 0 Å². The summed E-state index contributed by atoms with van der Waals surface area (Å²) in [7, 11) is 1.43. The number of hydrogen-bond acceptors (Lipinski definition) is 3. The lowest BCUT2D eigenvalue weighted by atomic mass is 10.1. The third-order valence-electron chi connectivity index (χ3n) is 2.69. The molecule has 5 nitrogen and oxygen atoms in total. The van der Waals surface area contributed by atoms with E-state index in [1.165, 1.54) is 19.2 Å². The van der Waals surface area contributed by atoms with Crippen molar-refractivity contribution < 1.29 is 14.4 Å². The van der Waals surface area contributed by atoms with Crippen LogP contribution >= 0.6 is 11.6 Å². The van der Waals surface area contributed by atoms with Crippen molar-refractivity contribution in [2.75, 3.05) is 18.2 Å². The van der Waals surface area contributed by atoms with Gasteiger partial charge in [-0.3, -0.25) is 19.3 Å². The second kappa shape index (κ2) is 4.78. The van der Waals surface area contributed by atoms with Gasteiger partial charge in [0.2, 0.25) is 5.91 Å². The standard InChI is InChI=1S/C12H11ClN2O3/c1-15-11(17)8-3-2-7(6-9(8)12(15)18)14-10(16)4-5-13/h2-3,6H,4-5H2,1H3,(H,14,16). The van der Waals surface area contributed by atoms with Gasteiger partial charge in [0.1, 0.15) is 0 Å². The lowest BCUT2D eigenvalue weighted by Gasteiger charge is -2.04. The van der Waals surface area contributed by atoms with E-state index >= 15 is 0 Å². The fourth-order valence-corrected chi connectivity index (χ4v) is 1.92. The second-order valence-corrected chi connectivity index (χ2v) is 4.29. The highest BCUT2D eigenvalue weighted by Crippen LogP contribution is 2.24. The first-order valence-electron chi connectivity index (χ1n) is 5.37. The summed E-state index contributed by atoms with van der Waals surface area (Å²) < 4.78 is 0. The number of hydrogen-bond donors (Lipinski definition) is 1. The molecule has 0 atom stereocenters. The predicted molar refractivity (Wildman–Crippen MR) is 66.8 cm³/mol. The molecule has 1 aliphatic rings. The van der Waals surface area contributed by atoms with Gasteiger partial charge in [-0.1, -0.05) is 0 Å². The smallest absolute Gasteiger partial charge is 0.261 e. The normalized spacial score (nSPS) is 13.8. The van der Waals surface area contributed by atoms with E-state index in [1.807, 2.05) is 0 Å². The highest BCUT2D eigenvalue weighted by molar-refractivity contribution is 6.21. The molecule has 0 fully saturated rings. The molecule has 18 heavy (non-hydrogen) atoms. The summed E-state index contributed by atoms with van der Waals surface area (Å²) in [5.41, 5.74) is 1.16. The molecule has 0 aliphatic carbocycles. The zero-order valence-corrected chi connectivity index (χ0v) is 10.5. The van der Waals surface area contributed by atoms with Crippen LogP contribution in [0.5, 0.6) is 0 Å². The molecule has 0 saturated heterocycles. The molecule has 94 valence electrons. The monoisotopic (exact) mass is 266 g/mol. The number of halogens is 1. The number of anilines is 1. The van der Waals surface area contributed by atoms with Crippen LogP contribution in [-0.4, -0.2) is 35.5 Å². The molecular weight excluding hydrogens is 256 g/mol. The SMILES string of the molecule is CN1C(=O)c2ccc(NC(=O)CCCl)cc2C1=O. The number of fused-ring (bicyclic) bond motifs is 1. The molecule has 1 N–H and O–H groups in total. The Morgan fingerprint density at radius 2 is 1.94 bits per heavy atom. The first-order chi connectivity index (χ1) is 8.54. The number of nitrogens with zero attached hydrogens (tertiary/aromatic N) is 1. The van der Waals surface area contributed by atoms with E-state index in [1.54, 1.807) is 6.07 Å². The third-order valence-corrected chi connectivity index (χ3v) is 2.88. The highest BCUT2D eigenvalue weighted by atomic mass is 35.5. The van der Waals surface area contributed by atoms with Crippen LogP contribution in [0.25, 0.3) is 0 Å². The Labute approximate surface area is 109 Å². The molecule has 0 radical (unpaired) electrons. The lowest BCUT2D eigenvalue weighted by Crippen LogP contribution is -2.24. The fourth-order valence-electron chi connectivity index (χ4n) is 1.75. The zero-order valence-electron chi connectivity index (χ0n) is 9.70. The van der Waals surface area contributed by atoms with E-state index in [2.05, 4.69) is 5.32 Å². The molecule has 0 bridgehead atoms. The molecule has 0 saturated carbocycles. The molecule has 1 aliphatic heterocycles. The van der Waals surface area contributed by atoms with Gasteiger partial charge in [-0.05, 0) is 18.2 Å². The summed E-state index contributed by atoms with van der Waals surface area (Å²) in [6, 6.07) is 4.63. The number of benzene rings is 1. The number of amides is 3. The van der Waals surface area contributed by atoms with Crippen LogP contribution in [0.15, 0.2) is 18.2 Å². The Morgan fingerprint density at radius 3 is 2.61 bits per heavy atom. The molecule has 1 aromatic rings. The first-order valence-corrected chi connectivity index (χ1v) is 5.90. The van der Waals surface area contributed by atoms with Crippen molar-refractivity contribution in [3.8, 4) is 0 Å². The van der Waals surface area contributed by atoms with Crippen LogP contribution in [0.3, 0.4) is 0 Å². The minimum Gasteiger partial charge on any atom is -0.326 e. The van der Waals surface area contributed by atoms with E-state index in [0.717, 1.165) is 4.90 Å². The van der Waals surface area contributed by atoms with Crippen molar-refractivity contribution in [3.63, 3.8) is 0 Å². The van der Waals surface area contributed by atoms with Gasteiger partial charge < -0.3 is 5.32 Å². The maximum absolute atomic E-state index is 11.7. The maximum atomic E-state index is 11.7. The zero-order chi connectivity index (χ0) is 13.3. The van der Waals surface area contributed by atoms with E-state index in [0.29, 0.717) is 16.8 Å². The molecule has 2 rings (SSSR count).